The molecule has 2 aromatic rings. The van der Waals surface area contributed by atoms with Crippen LogP contribution in [0.3, 0.4) is 0 Å². The molecule has 2 aromatic carbocycles. The van der Waals surface area contributed by atoms with Crippen LogP contribution >= 0.6 is 0 Å². The summed E-state index contributed by atoms with van der Waals surface area (Å²) in [6.45, 7) is -0.418. The quantitative estimate of drug-likeness (QED) is 0.286. The van der Waals surface area contributed by atoms with Gasteiger partial charge in [-0.2, -0.15) is 0 Å². The average Bonchev–Trinajstić information content (AvgIpc) is 3.65. The van der Waals surface area contributed by atoms with Crippen molar-refractivity contribution in [1.29, 1.82) is 0 Å². The summed E-state index contributed by atoms with van der Waals surface area (Å²) in [7, 11) is 1.54. The number of benzene rings is 2. The minimum Gasteiger partial charge on any atom is -0.497 e. The number of imide groups is 1. The van der Waals surface area contributed by atoms with Crippen molar-refractivity contribution in [3.05, 3.63) is 71.8 Å². The molecule has 3 fully saturated rings. The summed E-state index contributed by atoms with van der Waals surface area (Å²) in [6.07, 6.45) is 5.36. The highest BCUT2D eigenvalue weighted by Gasteiger charge is 2.67. The standard InChI is InChI=1S/C27H23NO6/c1-33-17-7-5-14(6-8-17)22(29)13-34-27(32)15-3-2-4-16(11-15)28-25(30)23-18-9-10-19(21-12-20(18)21)24(23)26(28)31/h2-11,18-21,23-24H,12-13H2,1H3/t18-,19+,20-,21-,23+,24-/m1/s1. The van der Waals surface area contributed by atoms with Gasteiger partial charge in [0.25, 0.3) is 0 Å². The lowest BCUT2D eigenvalue weighted by atomic mass is 9.63. The first-order chi connectivity index (χ1) is 16.5. The van der Waals surface area contributed by atoms with E-state index < -0.39 is 12.6 Å². The maximum Gasteiger partial charge on any atom is 0.338 e. The van der Waals surface area contributed by atoms with E-state index >= 15 is 0 Å². The molecule has 6 atom stereocenters. The van der Waals surface area contributed by atoms with Gasteiger partial charge in [0.15, 0.2) is 12.4 Å². The third-order valence-corrected chi connectivity index (χ3v) is 7.75. The lowest BCUT2D eigenvalue weighted by Gasteiger charge is -2.37. The van der Waals surface area contributed by atoms with Gasteiger partial charge in [-0.1, -0.05) is 18.2 Å². The van der Waals surface area contributed by atoms with Crippen molar-refractivity contribution in [2.45, 2.75) is 6.42 Å². The lowest BCUT2D eigenvalue weighted by molar-refractivity contribution is -0.124. The number of Topliss-reactive ketones (excluding diaryl/α,β-unsaturated/α-hetero) is 1. The second-order valence-electron chi connectivity index (χ2n) is 9.44. The number of nitrogens with zero attached hydrogens (tertiary/aromatic N) is 1. The number of carbonyl (C=O) groups excluding carboxylic acids is 4. The summed E-state index contributed by atoms with van der Waals surface area (Å²) in [6, 6.07) is 12.8. The lowest BCUT2D eigenvalue weighted by Crippen LogP contribution is -2.40. The second kappa shape index (κ2) is 7.65. The van der Waals surface area contributed by atoms with Crippen LogP contribution < -0.4 is 9.64 Å². The molecule has 2 amide bonds. The summed E-state index contributed by atoms with van der Waals surface area (Å²) in [4.78, 5) is 52.8. The van der Waals surface area contributed by atoms with Crippen molar-refractivity contribution < 1.29 is 28.7 Å². The Morgan fingerprint density at radius 3 is 2.18 bits per heavy atom. The van der Waals surface area contributed by atoms with E-state index in [1.165, 1.54) is 18.1 Å². The summed E-state index contributed by atoms with van der Waals surface area (Å²) in [5.74, 6) is -0.0530. The monoisotopic (exact) mass is 457 g/mol. The Bertz CT molecular complexity index is 1210. The first kappa shape index (κ1) is 20.8. The molecule has 7 rings (SSSR count). The Labute approximate surface area is 196 Å². The van der Waals surface area contributed by atoms with E-state index in [-0.39, 0.29) is 46.8 Å². The van der Waals surface area contributed by atoms with E-state index in [4.69, 9.17) is 9.47 Å². The highest BCUT2D eigenvalue weighted by Crippen LogP contribution is 2.65. The minimum absolute atomic E-state index is 0.138. The smallest absolute Gasteiger partial charge is 0.338 e. The Morgan fingerprint density at radius 1 is 0.912 bits per heavy atom. The number of ketones is 1. The molecule has 2 bridgehead atoms. The molecule has 4 aliphatic carbocycles. The van der Waals surface area contributed by atoms with Crippen LogP contribution in [0.15, 0.2) is 60.7 Å². The molecule has 1 heterocycles. The van der Waals surface area contributed by atoms with Crippen LogP contribution in [0, 0.1) is 35.5 Å². The molecule has 0 aromatic heterocycles. The van der Waals surface area contributed by atoms with E-state index in [9.17, 15) is 19.2 Å². The molecule has 1 aliphatic heterocycles. The fourth-order valence-corrected chi connectivity index (χ4v) is 6.06. The van der Waals surface area contributed by atoms with Gasteiger partial charge in [0, 0.05) is 5.56 Å². The van der Waals surface area contributed by atoms with Crippen molar-refractivity contribution in [3.63, 3.8) is 0 Å². The highest BCUT2D eigenvalue weighted by atomic mass is 16.5. The minimum atomic E-state index is -0.691. The average molecular weight is 457 g/mol. The number of esters is 1. The van der Waals surface area contributed by atoms with Crippen molar-refractivity contribution in [2.75, 3.05) is 18.6 Å². The summed E-state index contributed by atoms with van der Waals surface area (Å²) in [5.41, 5.74) is 0.951. The molecular weight excluding hydrogens is 434 g/mol. The maximum atomic E-state index is 13.3. The van der Waals surface area contributed by atoms with Crippen LogP contribution in [0.25, 0.3) is 0 Å². The van der Waals surface area contributed by atoms with Gasteiger partial charge in [0.1, 0.15) is 5.75 Å². The Balaban J connectivity index is 1.17. The molecule has 172 valence electrons. The summed E-state index contributed by atoms with van der Waals surface area (Å²) >= 11 is 0. The zero-order chi connectivity index (χ0) is 23.6. The number of allylic oxidation sites excluding steroid dienone is 2. The number of anilines is 1. The van der Waals surface area contributed by atoms with Crippen LogP contribution in [-0.2, 0) is 14.3 Å². The highest BCUT2D eigenvalue weighted by molar-refractivity contribution is 6.23. The molecule has 0 spiro atoms. The molecular formula is C27H23NO6. The molecule has 5 aliphatic rings. The fourth-order valence-electron chi connectivity index (χ4n) is 6.06. The van der Waals surface area contributed by atoms with Crippen LogP contribution in [0.4, 0.5) is 5.69 Å². The SMILES string of the molecule is COc1ccc(C(=O)COC(=O)c2cccc(N3C(=O)[C@@H]4[C@H]5C=C[C@H]([C@H]6C[C@H]56)[C@@H]4C3=O)c2)cc1. The number of ether oxygens (including phenoxy) is 2. The van der Waals surface area contributed by atoms with Crippen LogP contribution in [-0.4, -0.2) is 37.3 Å². The van der Waals surface area contributed by atoms with E-state index in [0.29, 0.717) is 28.8 Å². The molecule has 2 saturated carbocycles. The molecule has 0 N–H and O–H groups in total. The van der Waals surface area contributed by atoms with Gasteiger partial charge in [0.05, 0.1) is 30.2 Å². The first-order valence-electron chi connectivity index (χ1n) is 11.5. The number of hydrogen-bond donors (Lipinski definition) is 0. The molecule has 34 heavy (non-hydrogen) atoms. The van der Waals surface area contributed by atoms with E-state index in [1.54, 1.807) is 42.5 Å². The maximum absolute atomic E-state index is 13.3. The van der Waals surface area contributed by atoms with Gasteiger partial charge in [-0.05, 0) is 72.6 Å². The zero-order valence-electron chi connectivity index (χ0n) is 18.5. The zero-order valence-corrected chi connectivity index (χ0v) is 18.5. The fraction of sp³-hybridized carbons (Fsp3) is 0.333. The van der Waals surface area contributed by atoms with Gasteiger partial charge in [-0.3, -0.25) is 14.4 Å². The van der Waals surface area contributed by atoms with Crippen LogP contribution in [0.1, 0.15) is 27.1 Å². The Kier molecular flexibility index (Phi) is 4.69. The van der Waals surface area contributed by atoms with Gasteiger partial charge in [-0.25, -0.2) is 9.69 Å². The number of rotatable bonds is 6. The molecule has 7 nitrogen and oxygen atoms in total. The Hall–Kier alpha value is -3.74. The van der Waals surface area contributed by atoms with E-state index in [2.05, 4.69) is 12.2 Å². The third-order valence-electron chi connectivity index (χ3n) is 7.75. The molecule has 0 unspecified atom stereocenters. The van der Waals surface area contributed by atoms with Crippen molar-refractivity contribution in [2.24, 2.45) is 35.5 Å². The summed E-state index contributed by atoms with van der Waals surface area (Å²) in [5, 5.41) is 0. The molecule has 0 radical (unpaired) electrons. The summed E-state index contributed by atoms with van der Waals surface area (Å²) < 4.78 is 10.3. The van der Waals surface area contributed by atoms with Crippen molar-refractivity contribution in [3.8, 4) is 5.75 Å². The number of carbonyl (C=O) groups is 4. The number of hydrogen-bond acceptors (Lipinski definition) is 6. The number of methoxy groups -OCH3 is 1. The van der Waals surface area contributed by atoms with E-state index in [1.807, 2.05) is 0 Å². The topological polar surface area (TPSA) is 90.0 Å². The second-order valence-corrected chi connectivity index (χ2v) is 9.44. The molecule has 1 saturated heterocycles. The van der Waals surface area contributed by atoms with Crippen molar-refractivity contribution in [1.82, 2.24) is 0 Å². The van der Waals surface area contributed by atoms with Gasteiger partial charge >= 0.3 is 5.97 Å². The van der Waals surface area contributed by atoms with E-state index in [0.717, 1.165) is 6.42 Å². The van der Waals surface area contributed by atoms with Crippen LogP contribution in [0.2, 0.25) is 0 Å². The van der Waals surface area contributed by atoms with Crippen molar-refractivity contribution >= 4 is 29.3 Å². The third kappa shape index (κ3) is 3.10. The van der Waals surface area contributed by atoms with Gasteiger partial charge in [0.2, 0.25) is 11.8 Å². The largest absolute Gasteiger partial charge is 0.497 e. The predicted octanol–water partition coefficient (Wildman–Crippen LogP) is 3.29. The molecule has 7 heteroatoms. The predicted molar refractivity (Wildman–Crippen MR) is 121 cm³/mol. The Morgan fingerprint density at radius 2 is 1.56 bits per heavy atom. The van der Waals surface area contributed by atoms with Crippen LogP contribution in [0.5, 0.6) is 5.75 Å². The van der Waals surface area contributed by atoms with Gasteiger partial charge in [-0.15, -0.1) is 0 Å². The number of amides is 2. The normalized spacial score (nSPS) is 30.1. The van der Waals surface area contributed by atoms with Gasteiger partial charge < -0.3 is 9.47 Å². The first-order valence-corrected chi connectivity index (χ1v) is 11.5.